The summed E-state index contributed by atoms with van der Waals surface area (Å²) in [5.74, 6) is 0.876. The molecule has 0 aliphatic rings. The standard InChI is InChI=1S/C12H12N4O/c13-11(6-9-2-1-5-17-9)10-7-15-16-4-3-14-8-12(10)16/h1-5,7-8,11H,6,13H2. The van der Waals surface area contributed by atoms with Crippen molar-refractivity contribution >= 4 is 5.52 Å². The Balaban J connectivity index is 1.93. The molecule has 0 radical (unpaired) electrons. The predicted molar refractivity (Wildman–Crippen MR) is 62.3 cm³/mol. The number of nitrogens with zero attached hydrogens (tertiary/aromatic N) is 3. The molecule has 0 spiro atoms. The second-order valence-corrected chi connectivity index (χ2v) is 3.90. The van der Waals surface area contributed by atoms with Crippen molar-refractivity contribution in [3.05, 3.63) is 54.5 Å². The molecular weight excluding hydrogens is 216 g/mol. The van der Waals surface area contributed by atoms with Crippen LogP contribution in [0.3, 0.4) is 0 Å². The second kappa shape index (κ2) is 4.03. The van der Waals surface area contributed by atoms with Gasteiger partial charge in [0.2, 0.25) is 0 Å². The fraction of sp³-hybridized carbons (Fsp3) is 0.167. The third kappa shape index (κ3) is 1.81. The van der Waals surface area contributed by atoms with E-state index in [1.807, 2.05) is 12.1 Å². The zero-order chi connectivity index (χ0) is 11.7. The Hall–Kier alpha value is -2.14. The summed E-state index contributed by atoms with van der Waals surface area (Å²) in [6.07, 6.45) is 9.36. The minimum atomic E-state index is -0.136. The molecule has 3 heterocycles. The van der Waals surface area contributed by atoms with E-state index in [0.29, 0.717) is 6.42 Å². The first-order chi connectivity index (χ1) is 8.34. The largest absolute Gasteiger partial charge is 0.469 e. The van der Waals surface area contributed by atoms with Gasteiger partial charge < -0.3 is 10.2 Å². The maximum atomic E-state index is 6.16. The lowest BCUT2D eigenvalue weighted by Crippen LogP contribution is -2.12. The summed E-state index contributed by atoms with van der Waals surface area (Å²) in [5.41, 5.74) is 8.07. The molecular formula is C12H12N4O. The number of fused-ring (bicyclic) bond motifs is 1. The molecule has 2 N–H and O–H groups in total. The molecule has 17 heavy (non-hydrogen) atoms. The molecule has 86 valence electrons. The average Bonchev–Trinajstić information content (AvgIpc) is 2.96. The number of furan rings is 1. The quantitative estimate of drug-likeness (QED) is 0.738. The molecule has 0 bridgehead atoms. The van der Waals surface area contributed by atoms with Crippen molar-refractivity contribution in [2.75, 3.05) is 0 Å². The summed E-state index contributed by atoms with van der Waals surface area (Å²) in [6, 6.07) is 3.65. The Morgan fingerprint density at radius 3 is 3.18 bits per heavy atom. The lowest BCUT2D eigenvalue weighted by molar-refractivity contribution is 0.489. The van der Waals surface area contributed by atoms with Gasteiger partial charge in [-0.1, -0.05) is 0 Å². The first-order valence-electron chi connectivity index (χ1n) is 5.40. The Bertz CT molecular complexity index is 614. The number of aromatic nitrogens is 3. The molecule has 3 aromatic rings. The van der Waals surface area contributed by atoms with E-state index in [1.54, 1.807) is 35.6 Å². The van der Waals surface area contributed by atoms with Crippen LogP contribution in [0.4, 0.5) is 0 Å². The summed E-state index contributed by atoms with van der Waals surface area (Å²) >= 11 is 0. The molecule has 0 saturated carbocycles. The maximum absolute atomic E-state index is 6.16. The lowest BCUT2D eigenvalue weighted by Gasteiger charge is -2.07. The van der Waals surface area contributed by atoms with Gasteiger partial charge in [0, 0.05) is 30.4 Å². The van der Waals surface area contributed by atoms with Crippen molar-refractivity contribution in [2.45, 2.75) is 12.5 Å². The normalized spacial score (nSPS) is 13.0. The number of hydrogen-bond donors (Lipinski definition) is 1. The van der Waals surface area contributed by atoms with E-state index in [2.05, 4.69) is 10.1 Å². The Morgan fingerprint density at radius 1 is 1.41 bits per heavy atom. The van der Waals surface area contributed by atoms with Gasteiger partial charge in [-0.3, -0.25) is 4.98 Å². The molecule has 5 nitrogen and oxygen atoms in total. The molecule has 1 unspecified atom stereocenters. The van der Waals surface area contributed by atoms with Gasteiger partial charge in [-0.05, 0) is 12.1 Å². The highest BCUT2D eigenvalue weighted by molar-refractivity contribution is 5.53. The molecule has 1 atom stereocenters. The van der Waals surface area contributed by atoms with E-state index in [9.17, 15) is 0 Å². The molecule has 0 aliphatic carbocycles. The molecule has 5 heteroatoms. The van der Waals surface area contributed by atoms with Gasteiger partial charge in [0.15, 0.2) is 0 Å². The average molecular weight is 228 g/mol. The van der Waals surface area contributed by atoms with Gasteiger partial charge in [-0.2, -0.15) is 5.10 Å². The summed E-state index contributed by atoms with van der Waals surface area (Å²) in [5, 5.41) is 4.24. The second-order valence-electron chi connectivity index (χ2n) is 3.90. The monoisotopic (exact) mass is 228 g/mol. The predicted octanol–water partition coefficient (Wildman–Crippen LogP) is 1.56. The molecule has 0 saturated heterocycles. The van der Waals surface area contributed by atoms with E-state index >= 15 is 0 Å². The molecule has 0 aromatic carbocycles. The van der Waals surface area contributed by atoms with Crippen LogP contribution in [0.5, 0.6) is 0 Å². The first kappa shape index (κ1) is 10.0. The van der Waals surface area contributed by atoms with Crippen molar-refractivity contribution in [3.8, 4) is 0 Å². The Labute approximate surface area is 97.9 Å². The third-order valence-electron chi connectivity index (χ3n) is 2.76. The van der Waals surface area contributed by atoms with Crippen molar-refractivity contribution < 1.29 is 4.42 Å². The fourth-order valence-corrected chi connectivity index (χ4v) is 1.89. The van der Waals surface area contributed by atoms with Gasteiger partial charge in [0.05, 0.1) is 24.2 Å². The van der Waals surface area contributed by atoms with E-state index in [0.717, 1.165) is 16.8 Å². The number of hydrogen-bond acceptors (Lipinski definition) is 4. The molecule has 0 amide bonds. The van der Waals surface area contributed by atoms with Crippen LogP contribution in [0.15, 0.2) is 47.6 Å². The fourth-order valence-electron chi connectivity index (χ4n) is 1.89. The zero-order valence-electron chi connectivity index (χ0n) is 9.15. The Kier molecular flexibility index (Phi) is 2.38. The lowest BCUT2D eigenvalue weighted by atomic mass is 10.1. The number of nitrogens with two attached hydrogens (primary N) is 1. The minimum Gasteiger partial charge on any atom is -0.469 e. The highest BCUT2D eigenvalue weighted by atomic mass is 16.3. The molecule has 0 fully saturated rings. The van der Waals surface area contributed by atoms with E-state index in [1.165, 1.54) is 0 Å². The molecule has 0 aliphatic heterocycles. The van der Waals surface area contributed by atoms with Gasteiger partial charge in [0.1, 0.15) is 5.76 Å². The molecule has 3 rings (SSSR count). The topological polar surface area (TPSA) is 69.3 Å². The number of rotatable bonds is 3. The van der Waals surface area contributed by atoms with Crippen LogP contribution in [-0.4, -0.2) is 14.6 Å². The highest BCUT2D eigenvalue weighted by Crippen LogP contribution is 2.20. The van der Waals surface area contributed by atoms with Crippen LogP contribution in [0.25, 0.3) is 5.52 Å². The smallest absolute Gasteiger partial charge is 0.105 e. The van der Waals surface area contributed by atoms with Crippen LogP contribution >= 0.6 is 0 Å². The van der Waals surface area contributed by atoms with Crippen LogP contribution in [-0.2, 0) is 6.42 Å². The summed E-state index contributed by atoms with van der Waals surface area (Å²) in [6.45, 7) is 0. The maximum Gasteiger partial charge on any atom is 0.105 e. The van der Waals surface area contributed by atoms with Gasteiger partial charge in [0.25, 0.3) is 0 Å². The SMILES string of the molecule is NC(Cc1ccco1)c1cnn2ccncc12. The van der Waals surface area contributed by atoms with E-state index in [4.69, 9.17) is 10.2 Å². The van der Waals surface area contributed by atoms with Crippen molar-refractivity contribution in [3.63, 3.8) is 0 Å². The van der Waals surface area contributed by atoms with Crippen molar-refractivity contribution in [1.29, 1.82) is 0 Å². The van der Waals surface area contributed by atoms with Gasteiger partial charge in [-0.15, -0.1) is 0 Å². The van der Waals surface area contributed by atoms with Crippen LogP contribution in [0.1, 0.15) is 17.4 Å². The van der Waals surface area contributed by atoms with Crippen molar-refractivity contribution in [1.82, 2.24) is 14.6 Å². The van der Waals surface area contributed by atoms with E-state index in [-0.39, 0.29) is 6.04 Å². The summed E-state index contributed by atoms with van der Waals surface area (Å²) in [7, 11) is 0. The van der Waals surface area contributed by atoms with Gasteiger partial charge in [-0.25, -0.2) is 4.52 Å². The highest BCUT2D eigenvalue weighted by Gasteiger charge is 2.14. The summed E-state index contributed by atoms with van der Waals surface area (Å²) < 4.78 is 7.06. The van der Waals surface area contributed by atoms with Gasteiger partial charge >= 0.3 is 0 Å². The first-order valence-corrected chi connectivity index (χ1v) is 5.40. The van der Waals surface area contributed by atoms with Crippen LogP contribution in [0.2, 0.25) is 0 Å². The van der Waals surface area contributed by atoms with Crippen molar-refractivity contribution in [2.24, 2.45) is 5.73 Å². The minimum absolute atomic E-state index is 0.136. The van der Waals surface area contributed by atoms with E-state index < -0.39 is 0 Å². The Morgan fingerprint density at radius 2 is 2.35 bits per heavy atom. The zero-order valence-corrected chi connectivity index (χ0v) is 9.15. The molecule has 3 aromatic heterocycles. The third-order valence-corrected chi connectivity index (χ3v) is 2.76. The summed E-state index contributed by atoms with van der Waals surface area (Å²) in [4.78, 5) is 4.09. The van der Waals surface area contributed by atoms with Crippen LogP contribution in [0, 0.1) is 0 Å². The van der Waals surface area contributed by atoms with Crippen LogP contribution < -0.4 is 5.73 Å².